The van der Waals surface area contributed by atoms with E-state index in [1.807, 2.05) is 0 Å². The molecule has 1 rings (SSSR count). The number of nitro groups is 1. The van der Waals surface area contributed by atoms with E-state index in [2.05, 4.69) is 5.10 Å². The van der Waals surface area contributed by atoms with Gasteiger partial charge in [-0.25, -0.2) is 0 Å². The Morgan fingerprint density at radius 1 is 1.79 bits per heavy atom. The van der Waals surface area contributed by atoms with Crippen molar-refractivity contribution in [1.82, 2.24) is 9.78 Å². The fourth-order valence-corrected chi connectivity index (χ4v) is 1.16. The molecule has 0 spiro atoms. The van der Waals surface area contributed by atoms with Crippen molar-refractivity contribution in [3.8, 4) is 0 Å². The van der Waals surface area contributed by atoms with Crippen LogP contribution >= 0.6 is 0 Å². The summed E-state index contributed by atoms with van der Waals surface area (Å²) in [6.07, 6.45) is 1.38. The van der Waals surface area contributed by atoms with Gasteiger partial charge in [-0.2, -0.15) is 0 Å². The number of nitrogens with two attached hydrogens (primary N) is 1. The molecule has 14 heavy (non-hydrogen) atoms. The highest BCUT2D eigenvalue weighted by Gasteiger charge is 2.21. The topological polar surface area (TPSA) is 90.2 Å². The maximum atomic E-state index is 10.6. The minimum absolute atomic E-state index is 0.00319. The molecule has 7 heteroatoms. The van der Waals surface area contributed by atoms with Crippen molar-refractivity contribution in [1.29, 1.82) is 0 Å². The van der Waals surface area contributed by atoms with Gasteiger partial charge in [0.2, 0.25) is 5.82 Å². The van der Waals surface area contributed by atoms with Crippen LogP contribution in [-0.2, 0) is 7.05 Å². The van der Waals surface area contributed by atoms with Gasteiger partial charge in [0.05, 0.1) is 4.92 Å². The molecule has 78 valence electrons. The molecule has 1 aromatic rings. The number of nitrogens with zero attached hydrogens (tertiary/aromatic N) is 4. The quantitative estimate of drug-likeness (QED) is 0.532. The highest BCUT2D eigenvalue weighted by atomic mass is 16.6. The third-order valence-electron chi connectivity index (χ3n) is 1.81. The van der Waals surface area contributed by atoms with Gasteiger partial charge >= 0.3 is 5.69 Å². The Labute approximate surface area is 81.3 Å². The van der Waals surface area contributed by atoms with E-state index >= 15 is 0 Å². The van der Waals surface area contributed by atoms with E-state index in [1.165, 1.54) is 10.9 Å². The molecule has 2 N–H and O–H groups in total. The predicted molar refractivity (Wildman–Crippen MR) is 52.2 cm³/mol. The molecule has 7 nitrogen and oxygen atoms in total. The number of aromatic nitrogens is 2. The molecule has 0 aromatic carbocycles. The Morgan fingerprint density at radius 2 is 2.43 bits per heavy atom. The summed E-state index contributed by atoms with van der Waals surface area (Å²) in [5.74, 6) is 0.350. The Kier molecular flexibility index (Phi) is 3.03. The first-order valence-electron chi connectivity index (χ1n) is 4.15. The highest BCUT2D eigenvalue weighted by molar-refractivity contribution is 5.56. The summed E-state index contributed by atoms with van der Waals surface area (Å²) in [4.78, 5) is 11.9. The van der Waals surface area contributed by atoms with Crippen LogP contribution in [0.3, 0.4) is 0 Å². The van der Waals surface area contributed by atoms with E-state index in [0.717, 1.165) is 0 Å². The lowest BCUT2D eigenvalue weighted by Crippen LogP contribution is -2.26. The van der Waals surface area contributed by atoms with Crippen molar-refractivity contribution in [2.24, 2.45) is 12.8 Å². The molecule has 0 radical (unpaired) electrons. The summed E-state index contributed by atoms with van der Waals surface area (Å²) < 4.78 is 1.42. The number of aryl methyl sites for hydroxylation is 1. The van der Waals surface area contributed by atoms with E-state index in [9.17, 15) is 10.1 Å². The number of likely N-dealkylation sites (N-methyl/N-ethyl adjacent to an activating group) is 1. The number of anilines is 1. The van der Waals surface area contributed by atoms with Gasteiger partial charge < -0.3 is 10.6 Å². The standard InChI is InChI=1S/C7H13N5O2/c1-10(4-3-8)7-6(12(13)14)5-11(2)9-7/h5H,3-4,8H2,1-2H3. The fourth-order valence-electron chi connectivity index (χ4n) is 1.16. The first-order chi connectivity index (χ1) is 6.56. The zero-order valence-electron chi connectivity index (χ0n) is 8.17. The summed E-state index contributed by atoms with van der Waals surface area (Å²) in [7, 11) is 3.37. The van der Waals surface area contributed by atoms with Gasteiger partial charge in [-0.3, -0.25) is 14.8 Å². The molecule has 0 aliphatic rings. The van der Waals surface area contributed by atoms with Crippen molar-refractivity contribution in [3.05, 3.63) is 16.3 Å². The molecular weight excluding hydrogens is 186 g/mol. The van der Waals surface area contributed by atoms with E-state index in [-0.39, 0.29) is 5.69 Å². The van der Waals surface area contributed by atoms with Crippen LogP contribution in [0.5, 0.6) is 0 Å². The number of hydrogen-bond donors (Lipinski definition) is 1. The molecule has 0 aliphatic carbocycles. The molecule has 0 amide bonds. The Bertz CT molecular complexity index is 335. The van der Waals surface area contributed by atoms with Crippen LogP contribution in [0.1, 0.15) is 0 Å². The lowest BCUT2D eigenvalue weighted by molar-refractivity contribution is -0.384. The van der Waals surface area contributed by atoms with Crippen LogP contribution in [0.25, 0.3) is 0 Å². The zero-order chi connectivity index (χ0) is 10.7. The van der Waals surface area contributed by atoms with Crippen LogP contribution in [0.15, 0.2) is 6.20 Å². The smallest absolute Gasteiger partial charge is 0.330 e. The summed E-state index contributed by atoms with van der Waals surface area (Å²) in [5, 5.41) is 14.6. The largest absolute Gasteiger partial charge is 0.351 e. The van der Waals surface area contributed by atoms with Crippen molar-refractivity contribution in [2.45, 2.75) is 0 Å². The molecule has 0 aliphatic heterocycles. The Morgan fingerprint density at radius 3 is 2.93 bits per heavy atom. The minimum Gasteiger partial charge on any atom is -0.351 e. The third-order valence-corrected chi connectivity index (χ3v) is 1.81. The van der Waals surface area contributed by atoms with Crippen LogP contribution in [0.2, 0.25) is 0 Å². The predicted octanol–water partition coefficient (Wildman–Crippen LogP) is -0.277. The lowest BCUT2D eigenvalue weighted by atomic mass is 10.4. The first-order valence-corrected chi connectivity index (χ1v) is 4.15. The van der Waals surface area contributed by atoms with Gasteiger partial charge in [-0.1, -0.05) is 0 Å². The van der Waals surface area contributed by atoms with Gasteiger partial charge in [0.15, 0.2) is 0 Å². The minimum atomic E-state index is -0.449. The molecule has 0 atom stereocenters. The number of rotatable bonds is 4. The average Bonchev–Trinajstić information content (AvgIpc) is 2.48. The molecule has 0 bridgehead atoms. The second-order valence-corrected chi connectivity index (χ2v) is 2.98. The van der Waals surface area contributed by atoms with Crippen molar-refractivity contribution < 1.29 is 4.92 Å². The van der Waals surface area contributed by atoms with Crippen LogP contribution in [0.4, 0.5) is 11.5 Å². The molecule has 0 saturated heterocycles. The van der Waals surface area contributed by atoms with E-state index in [4.69, 9.17) is 5.73 Å². The molecule has 0 unspecified atom stereocenters. The second kappa shape index (κ2) is 4.05. The maximum absolute atomic E-state index is 10.6. The van der Waals surface area contributed by atoms with Crippen molar-refractivity contribution in [3.63, 3.8) is 0 Å². The Hall–Kier alpha value is -1.63. The summed E-state index contributed by atoms with van der Waals surface area (Å²) in [6.45, 7) is 0.974. The second-order valence-electron chi connectivity index (χ2n) is 2.98. The average molecular weight is 199 g/mol. The zero-order valence-corrected chi connectivity index (χ0v) is 8.17. The highest BCUT2D eigenvalue weighted by Crippen LogP contribution is 2.24. The van der Waals surface area contributed by atoms with Gasteiger partial charge in [0.25, 0.3) is 0 Å². The SMILES string of the molecule is CN(CCN)c1nn(C)cc1[N+](=O)[O-]. The normalized spacial score (nSPS) is 10.2. The molecule has 0 saturated carbocycles. The molecule has 0 fully saturated rings. The van der Waals surface area contributed by atoms with E-state index in [0.29, 0.717) is 18.9 Å². The van der Waals surface area contributed by atoms with Crippen LogP contribution in [0, 0.1) is 10.1 Å². The molecule has 1 heterocycles. The first kappa shape index (κ1) is 10.5. The van der Waals surface area contributed by atoms with Gasteiger partial charge in [-0.05, 0) is 0 Å². The summed E-state index contributed by atoms with van der Waals surface area (Å²) in [5.41, 5.74) is 5.36. The van der Waals surface area contributed by atoms with Crippen molar-refractivity contribution in [2.75, 3.05) is 25.0 Å². The monoisotopic (exact) mass is 199 g/mol. The molecule has 1 aromatic heterocycles. The lowest BCUT2D eigenvalue weighted by Gasteiger charge is -2.13. The Balaban J connectivity index is 3.00. The number of hydrogen-bond acceptors (Lipinski definition) is 5. The summed E-state index contributed by atoms with van der Waals surface area (Å²) >= 11 is 0. The van der Waals surface area contributed by atoms with Crippen LogP contribution in [-0.4, -0.2) is 34.8 Å². The maximum Gasteiger partial charge on any atom is 0.330 e. The van der Waals surface area contributed by atoms with E-state index < -0.39 is 4.92 Å². The van der Waals surface area contributed by atoms with Gasteiger partial charge in [0, 0.05) is 27.2 Å². The van der Waals surface area contributed by atoms with Crippen molar-refractivity contribution >= 4 is 11.5 Å². The summed E-state index contributed by atoms with van der Waals surface area (Å²) in [6, 6.07) is 0. The van der Waals surface area contributed by atoms with Crippen LogP contribution < -0.4 is 10.6 Å². The van der Waals surface area contributed by atoms with Gasteiger partial charge in [-0.15, -0.1) is 5.10 Å². The molecular formula is C7H13N5O2. The third kappa shape index (κ3) is 1.99. The van der Waals surface area contributed by atoms with E-state index in [1.54, 1.807) is 19.0 Å². The van der Waals surface area contributed by atoms with Gasteiger partial charge in [0.1, 0.15) is 6.20 Å². The fraction of sp³-hybridized carbons (Fsp3) is 0.571.